The van der Waals surface area contributed by atoms with Crippen LogP contribution in [0.15, 0.2) is 0 Å². The van der Waals surface area contributed by atoms with Crippen molar-refractivity contribution in [2.24, 2.45) is 0 Å². The van der Waals surface area contributed by atoms with Crippen molar-refractivity contribution in [3.63, 3.8) is 0 Å². The number of ether oxygens (including phenoxy) is 8. The van der Waals surface area contributed by atoms with Crippen LogP contribution < -0.4 is 0 Å². The minimum atomic E-state index is -0.271. The molecule has 0 aliphatic heterocycles. The average Bonchev–Trinajstić information content (AvgIpc) is 2.83. The lowest BCUT2D eigenvalue weighted by atomic mass is 10.2. The van der Waals surface area contributed by atoms with E-state index in [0.717, 1.165) is 31.0 Å². The Bertz CT molecular complexity index is 329. The van der Waals surface area contributed by atoms with Gasteiger partial charge in [-0.3, -0.25) is 0 Å². The molecule has 0 aliphatic carbocycles. The summed E-state index contributed by atoms with van der Waals surface area (Å²) in [5.41, 5.74) is 0. The van der Waals surface area contributed by atoms with Gasteiger partial charge in [-0.05, 0) is 19.3 Å². The molecule has 11 heteroatoms. The number of hydrogen-bond donors (Lipinski definition) is 2. The molecule has 0 fully saturated rings. The molecule has 0 saturated carbocycles. The fourth-order valence-electron chi connectivity index (χ4n) is 2.49. The molecule has 0 aliphatic rings. The van der Waals surface area contributed by atoms with Crippen molar-refractivity contribution in [3.8, 4) is 0 Å². The molecule has 0 heterocycles. The molecule has 10 nitrogen and oxygen atoms in total. The quantitative estimate of drug-likeness (QED) is 0.0806. The van der Waals surface area contributed by atoms with E-state index in [-0.39, 0.29) is 19.5 Å². The van der Waals surface area contributed by atoms with Gasteiger partial charge in [-0.1, -0.05) is 22.4 Å². The number of rotatable bonds is 29. The van der Waals surface area contributed by atoms with Gasteiger partial charge < -0.3 is 48.1 Å². The summed E-state index contributed by atoms with van der Waals surface area (Å²) in [6, 6.07) is 0. The standard InChI is InChI=1S/C22H45BrO10/c23-5-3-1-2-4-22(32-20-18-30-16-14-28-12-10-26-8-6-24)33-21-19-31-17-15-29-13-11-27-9-7-25/h22,24-25H,1-21H2. The van der Waals surface area contributed by atoms with Crippen LogP contribution in [0.5, 0.6) is 0 Å². The molecular weight excluding hydrogens is 504 g/mol. The second-order valence-electron chi connectivity index (χ2n) is 6.83. The minimum absolute atomic E-state index is 0.0236. The summed E-state index contributed by atoms with van der Waals surface area (Å²) < 4.78 is 43.6. The molecule has 0 amide bonds. The van der Waals surface area contributed by atoms with Gasteiger partial charge in [0.05, 0.1) is 106 Å². The van der Waals surface area contributed by atoms with E-state index < -0.39 is 0 Å². The molecule has 0 radical (unpaired) electrons. The first kappa shape index (κ1) is 33.1. The van der Waals surface area contributed by atoms with Crippen molar-refractivity contribution >= 4 is 15.9 Å². The Kier molecular flexibility index (Phi) is 30.2. The van der Waals surface area contributed by atoms with E-state index in [0.29, 0.717) is 92.5 Å². The van der Waals surface area contributed by atoms with Crippen LogP contribution in [0.2, 0.25) is 0 Å². The van der Waals surface area contributed by atoms with Crippen molar-refractivity contribution in [3.05, 3.63) is 0 Å². The number of hydrogen-bond acceptors (Lipinski definition) is 10. The van der Waals surface area contributed by atoms with Crippen molar-refractivity contribution < 1.29 is 48.1 Å². The summed E-state index contributed by atoms with van der Waals surface area (Å²) in [4.78, 5) is 0. The number of aliphatic hydroxyl groups is 2. The van der Waals surface area contributed by atoms with Crippen molar-refractivity contribution in [2.45, 2.75) is 32.0 Å². The lowest BCUT2D eigenvalue weighted by Crippen LogP contribution is -2.23. The Morgan fingerprint density at radius 2 is 0.818 bits per heavy atom. The second kappa shape index (κ2) is 30.1. The number of alkyl halides is 1. The van der Waals surface area contributed by atoms with E-state index >= 15 is 0 Å². The molecule has 2 N–H and O–H groups in total. The van der Waals surface area contributed by atoms with E-state index in [4.69, 9.17) is 48.1 Å². The topological polar surface area (TPSA) is 114 Å². The highest BCUT2D eigenvalue weighted by Gasteiger charge is 2.09. The van der Waals surface area contributed by atoms with Crippen molar-refractivity contribution in [1.29, 1.82) is 0 Å². The average molecular weight is 549 g/mol. The van der Waals surface area contributed by atoms with Crippen LogP contribution in [0.25, 0.3) is 0 Å². The molecule has 33 heavy (non-hydrogen) atoms. The second-order valence-corrected chi connectivity index (χ2v) is 7.62. The zero-order chi connectivity index (χ0) is 24.1. The highest BCUT2D eigenvalue weighted by Crippen LogP contribution is 2.09. The molecule has 0 aromatic carbocycles. The zero-order valence-electron chi connectivity index (χ0n) is 20.0. The van der Waals surface area contributed by atoms with E-state index in [1.54, 1.807) is 0 Å². The van der Waals surface area contributed by atoms with Gasteiger partial charge in [-0.15, -0.1) is 0 Å². The first-order chi connectivity index (χ1) is 16.3. The van der Waals surface area contributed by atoms with Gasteiger partial charge in [0.1, 0.15) is 0 Å². The van der Waals surface area contributed by atoms with Gasteiger partial charge in [0, 0.05) is 5.33 Å². The van der Waals surface area contributed by atoms with Crippen molar-refractivity contribution in [2.75, 3.05) is 111 Å². The summed E-state index contributed by atoms with van der Waals surface area (Å²) >= 11 is 3.45. The fraction of sp³-hybridized carbons (Fsp3) is 1.00. The van der Waals surface area contributed by atoms with Crippen molar-refractivity contribution in [1.82, 2.24) is 0 Å². The van der Waals surface area contributed by atoms with Crippen LogP contribution >= 0.6 is 15.9 Å². The molecular formula is C22H45BrO10. The van der Waals surface area contributed by atoms with E-state index in [2.05, 4.69) is 15.9 Å². The van der Waals surface area contributed by atoms with Crippen LogP contribution in [-0.4, -0.2) is 128 Å². The van der Waals surface area contributed by atoms with E-state index in [9.17, 15) is 0 Å². The maximum atomic E-state index is 8.60. The molecule has 200 valence electrons. The summed E-state index contributed by atoms with van der Waals surface area (Å²) in [5.74, 6) is 0. The molecule has 0 spiro atoms. The van der Waals surface area contributed by atoms with E-state index in [1.807, 2.05) is 0 Å². The molecule has 0 rings (SSSR count). The van der Waals surface area contributed by atoms with E-state index in [1.165, 1.54) is 0 Å². The summed E-state index contributed by atoms with van der Waals surface area (Å²) in [6.07, 6.45) is 3.86. The monoisotopic (exact) mass is 548 g/mol. The lowest BCUT2D eigenvalue weighted by Gasteiger charge is -2.19. The number of aliphatic hydroxyl groups excluding tert-OH is 2. The zero-order valence-corrected chi connectivity index (χ0v) is 21.6. The van der Waals surface area contributed by atoms with Gasteiger partial charge in [0.25, 0.3) is 0 Å². The summed E-state index contributed by atoms with van der Waals surface area (Å²) in [5, 5.41) is 18.2. The van der Waals surface area contributed by atoms with Gasteiger partial charge in [-0.2, -0.15) is 0 Å². The highest BCUT2D eigenvalue weighted by molar-refractivity contribution is 9.09. The molecule has 0 unspecified atom stereocenters. The van der Waals surface area contributed by atoms with Gasteiger partial charge in [-0.25, -0.2) is 0 Å². The maximum absolute atomic E-state index is 8.60. The Labute approximate surface area is 207 Å². The first-order valence-corrected chi connectivity index (χ1v) is 12.9. The lowest BCUT2D eigenvalue weighted by molar-refractivity contribution is -0.162. The van der Waals surface area contributed by atoms with Crippen LogP contribution in [0.3, 0.4) is 0 Å². The fourth-order valence-corrected chi connectivity index (χ4v) is 2.88. The minimum Gasteiger partial charge on any atom is -0.394 e. The van der Waals surface area contributed by atoms with Gasteiger partial charge >= 0.3 is 0 Å². The third-order valence-electron chi connectivity index (χ3n) is 4.10. The summed E-state index contributed by atoms with van der Waals surface area (Å²) in [6.45, 7) is 6.43. The normalized spacial score (nSPS) is 11.6. The molecule has 0 aromatic heterocycles. The third-order valence-corrected chi connectivity index (χ3v) is 4.66. The van der Waals surface area contributed by atoms with Crippen LogP contribution in [-0.2, 0) is 37.9 Å². The first-order valence-electron chi connectivity index (χ1n) is 11.8. The largest absolute Gasteiger partial charge is 0.394 e. The molecule has 0 atom stereocenters. The number of unbranched alkanes of at least 4 members (excludes halogenated alkanes) is 2. The maximum Gasteiger partial charge on any atom is 0.157 e. The smallest absolute Gasteiger partial charge is 0.157 e. The van der Waals surface area contributed by atoms with Crippen LogP contribution in [0, 0.1) is 0 Å². The Morgan fingerprint density at radius 1 is 0.455 bits per heavy atom. The Hall–Kier alpha value is 0.0800. The molecule has 0 saturated heterocycles. The molecule has 0 bridgehead atoms. The summed E-state index contributed by atoms with van der Waals surface area (Å²) in [7, 11) is 0. The van der Waals surface area contributed by atoms with Gasteiger partial charge in [0.2, 0.25) is 0 Å². The predicted molar refractivity (Wildman–Crippen MR) is 127 cm³/mol. The number of halogens is 1. The van der Waals surface area contributed by atoms with Crippen LogP contribution in [0.1, 0.15) is 25.7 Å². The Balaban J connectivity index is 3.67. The predicted octanol–water partition coefficient (Wildman–Crippen LogP) is 1.39. The molecule has 0 aromatic rings. The van der Waals surface area contributed by atoms with Crippen LogP contribution in [0.4, 0.5) is 0 Å². The van der Waals surface area contributed by atoms with Gasteiger partial charge in [0.15, 0.2) is 6.29 Å². The third kappa shape index (κ3) is 28.2. The highest BCUT2D eigenvalue weighted by atomic mass is 79.9. The Morgan fingerprint density at radius 3 is 1.18 bits per heavy atom. The SMILES string of the molecule is OCCOCCOCCOCCOC(CCCCCBr)OCCOCCOCCOCCO.